The van der Waals surface area contributed by atoms with Crippen molar-refractivity contribution >= 4 is 11.6 Å². The van der Waals surface area contributed by atoms with Gasteiger partial charge in [-0.1, -0.05) is 0 Å². The lowest BCUT2D eigenvalue weighted by Crippen LogP contribution is -2.86. The van der Waals surface area contributed by atoms with Gasteiger partial charge in [-0.3, -0.25) is 15.3 Å². The van der Waals surface area contributed by atoms with E-state index < -0.39 is 47.5 Å². The molecule has 0 aromatic carbocycles. The molecule has 1 unspecified atom stereocenters. The van der Waals surface area contributed by atoms with E-state index in [1.807, 2.05) is 0 Å². The van der Waals surface area contributed by atoms with E-state index in [1.54, 1.807) is 0 Å². The molecule has 110 valence electrons. The number of carbonyl (C=O) groups excluding carboxylic acids is 2. The smallest absolute Gasteiger partial charge is 0.268 e. The summed E-state index contributed by atoms with van der Waals surface area (Å²) in [6, 6.07) is 0. The first kappa shape index (κ1) is 16.1. The third kappa shape index (κ3) is 1.82. The van der Waals surface area contributed by atoms with E-state index in [2.05, 4.69) is 0 Å². The number of ketones is 2. The van der Waals surface area contributed by atoms with Crippen LogP contribution in [0.4, 0.5) is 0 Å². The van der Waals surface area contributed by atoms with E-state index in [4.69, 9.17) is 15.6 Å². The van der Waals surface area contributed by atoms with Crippen LogP contribution >= 0.6 is 0 Å². The standard InChI is InChI=1S/C10H17NO8/c1-4(13)8(16)9(11,17)7(15)6(3-12)19-10(8,18)5(2)14/h6-7,12,15-18H,3,11H2,1-2H3/t6-,7+,8+,9+,10?/m1/s1. The van der Waals surface area contributed by atoms with Crippen LogP contribution in [-0.2, 0) is 14.3 Å². The Morgan fingerprint density at radius 2 is 1.68 bits per heavy atom. The lowest BCUT2D eigenvalue weighted by Gasteiger charge is -2.54. The van der Waals surface area contributed by atoms with Gasteiger partial charge in [0.05, 0.1) is 6.61 Å². The number of hydrogen-bond donors (Lipinski definition) is 6. The predicted molar refractivity (Wildman–Crippen MR) is 58.4 cm³/mol. The van der Waals surface area contributed by atoms with Gasteiger partial charge >= 0.3 is 0 Å². The molecule has 1 saturated heterocycles. The highest BCUT2D eigenvalue weighted by Gasteiger charge is 2.74. The van der Waals surface area contributed by atoms with Crippen molar-refractivity contribution in [3.8, 4) is 0 Å². The monoisotopic (exact) mass is 279 g/mol. The van der Waals surface area contributed by atoms with Crippen LogP contribution < -0.4 is 5.73 Å². The number of nitrogens with two attached hydrogens (primary N) is 1. The van der Waals surface area contributed by atoms with Gasteiger partial charge in [-0.05, 0) is 6.92 Å². The van der Waals surface area contributed by atoms with E-state index in [0.29, 0.717) is 0 Å². The minimum Gasteiger partial charge on any atom is -0.394 e. The van der Waals surface area contributed by atoms with Gasteiger partial charge in [-0.15, -0.1) is 0 Å². The van der Waals surface area contributed by atoms with Crippen molar-refractivity contribution < 1.29 is 39.9 Å². The zero-order valence-corrected chi connectivity index (χ0v) is 10.4. The Labute approximate surface area is 108 Å². The maximum Gasteiger partial charge on any atom is 0.268 e. The molecular formula is C10H17NO8. The van der Waals surface area contributed by atoms with Crippen LogP contribution in [0.5, 0.6) is 0 Å². The van der Waals surface area contributed by atoms with E-state index in [0.717, 1.165) is 13.8 Å². The molecule has 1 heterocycles. The molecule has 9 heteroatoms. The second-order valence-electron chi connectivity index (χ2n) is 4.58. The van der Waals surface area contributed by atoms with Crippen LogP contribution in [0.1, 0.15) is 13.8 Å². The number of carbonyl (C=O) groups is 2. The van der Waals surface area contributed by atoms with Crippen LogP contribution in [0.25, 0.3) is 0 Å². The summed E-state index contributed by atoms with van der Waals surface area (Å²) < 4.78 is 4.70. The first-order valence-electron chi connectivity index (χ1n) is 5.41. The van der Waals surface area contributed by atoms with Crippen molar-refractivity contribution in [1.29, 1.82) is 0 Å². The molecule has 19 heavy (non-hydrogen) atoms. The topological polar surface area (TPSA) is 171 Å². The highest BCUT2D eigenvalue weighted by Crippen LogP contribution is 2.41. The summed E-state index contributed by atoms with van der Waals surface area (Å²) in [6.07, 6.45) is -3.77. The summed E-state index contributed by atoms with van der Waals surface area (Å²) in [6.45, 7) is 0.626. The van der Waals surface area contributed by atoms with Gasteiger partial charge in [-0.25, -0.2) is 0 Å². The summed E-state index contributed by atoms with van der Waals surface area (Å²) >= 11 is 0. The second kappa shape index (κ2) is 4.56. The molecule has 0 spiro atoms. The number of aliphatic hydroxyl groups is 5. The van der Waals surface area contributed by atoms with Crippen LogP contribution in [0.3, 0.4) is 0 Å². The van der Waals surface area contributed by atoms with Crippen LogP contribution in [-0.4, -0.2) is 73.0 Å². The number of ether oxygens (including phenoxy) is 1. The van der Waals surface area contributed by atoms with Gasteiger partial charge in [0, 0.05) is 6.92 Å². The Morgan fingerprint density at radius 3 is 2.00 bits per heavy atom. The quantitative estimate of drug-likeness (QED) is 0.281. The molecule has 0 amide bonds. The van der Waals surface area contributed by atoms with Gasteiger partial charge in [-0.2, -0.15) is 0 Å². The lowest BCUT2D eigenvalue weighted by molar-refractivity contribution is -0.383. The molecule has 0 saturated carbocycles. The van der Waals surface area contributed by atoms with Gasteiger partial charge in [0.1, 0.15) is 12.2 Å². The summed E-state index contributed by atoms with van der Waals surface area (Å²) in [7, 11) is 0. The average Bonchev–Trinajstić information content (AvgIpc) is 2.31. The normalized spacial score (nSPS) is 46.9. The van der Waals surface area contributed by atoms with E-state index >= 15 is 0 Å². The van der Waals surface area contributed by atoms with Crippen molar-refractivity contribution in [1.82, 2.24) is 0 Å². The second-order valence-corrected chi connectivity index (χ2v) is 4.58. The largest absolute Gasteiger partial charge is 0.394 e. The first-order chi connectivity index (χ1) is 8.46. The lowest BCUT2D eigenvalue weighted by atomic mass is 9.71. The molecule has 0 aliphatic carbocycles. The van der Waals surface area contributed by atoms with Crippen molar-refractivity contribution in [3.05, 3.63) is 0 Å². The third-order valence-corrected chi connectivity index (χ3v) is 3.36. The van der Waals surface area contributed by atoms with Gasteiger partial charge < -0.3 is 30.3 Å². The zero-order valence-electron chi connectivity index (χ0n) is 10.4. The highest BCUT2D eigenvalue weighted by atomic mass is 16.7. The van der Waals surface area contributed by atoms with E-state index in [-0.39, 0.29) is 0 Å². The molecule has 1 aliphatic rings. The fraction of sp³-hybridized carbons (Fsp3) is 0.800. The van der Waals surface area contributed by atoms with Crippen LogP contribution in [0.2, 0.25) is 0 Å². The Hall–Kier alpha value is -0.940. The number of aliphatic hydroxyl groups excluding tert-OH is 2. The summed E-state index contributed by atoms with van der Waals surface area (Å²) in [4.78, 5) is 23.0. The van der Waals surface area contributed by atoms with Crippen LogP contribution in [0.15, 0.2) is 0 Å². The van der Waals surface area contributed by atoms with Gasteiger partial charge in [0.25, 0.3) is 5.79 Å². The molecule has 5 atom stereocenters. The molecule has 0 aromatic rings. The third-order valence-electron chi connectivity index (χ3n) is 3.36. The number of hydrogen-bond acceptors (Lipinski definition) is 9. The molecule has 1 aliphatic heterocycles. The zero-order chi connectivity index (χ0) is 15.2. The number of Topliss-reactive ketones (excluding diaryl/α,β-unsaturated/α-hetero) is 2. The Kier molecular flexibility index (Phi) is 3.87. The Balaban J connectivity index is 3.53. The number of rotatable bonds is 3. The average molecular weight is 279 g/mol. The van der Waals surface area contributed by atoms with Gasteiger partial charge in [0.2, 0.25) is 5.60 Å². The summed E-state index contributed by atoms with van der Waals surface area (Å²) in [5.74, 6) is -5.69. The maximum atomic E-state index is 11.5. The fourth-order valence-electron chi connectivity index (χ4n) is 2.13. The minimum atomic E-state index is -3.28. The van der Waals surface area contributed by atoms with Crippen molar-refractivity contribution in [3.63, 3.8) is 0 Å². The van der Waals surface area contributed by atoms with Crippen molar-refractivity contribution in [2.24, 2.45) is 5.73 Å². The molecule has 1 rings (SSSR count). The summed E-state index contributed by atoms with van der Waals surface area (Å²) in [5, 5.41) is 48.9. The molecular weight excluding hydrogens is 262 g/mol. The van der Waals surface area contributed by atoms with E-state index in [9.17, 15) is 30.0 Å². The Morgan fingerprint density at radius 1 is 1.21 bits per heavy atom. The molecule has 7 N–H and O–H groups in total. The molecule has 0 aromatic heterocycles. The molecule has 9 nitrogen and oxygen atoms in total. The maximum absolute atomic E-state index is 11.5. The first-order valence-corrected chi connectivity index (χ1v) is 5.41. The fourth-order valence-corrected chi connectivity index (χ4v) is 2.13. The molecule has 0 bridgehead atoms. The van der Waals surface area contributed by atoms with Crippen molar-refractivity contribution in [2.45, 2.75) is 43.2 Å². The summed E-state index contributed by atoms with van der Waals surface area (Å²) in [5.41, 5.74) is -1.06. The highest BCUT2D eigenvalue weighted by molar-refractivity contribution is 5.97. The van der Waals surface area contributed by atoms with E-state index in [1.165, 1.54) is 0 Å². The van der Waals surface area contributed by atoms with Crippen molar-refractivity contribution in [2.75, 3.05) is 6.61 Å². The minimum absolute atomic E-state index is 0.751. The van der Waals surface area contributed by atoms with Crippen LogP contribution in [0, 0.1) is 0 Å². The SMILES string of the molecule is CC(=O)C1(O)O[C@H](CO)[C@H](O)[C@](N)(O)[C@@]1(O)C(C)=O. The van der Waals surface area contributed by atoms with Gasteiger partial charge in [0.15, 0.2) is 17.3 Å². The Bertz CT molecular complexity index is 410. The molecule has 1 fully saturated rings. The molecule has 0 radical (unpaired) electrons. The predicted octanol–water partition coefficient (Wildman–Crippen LogP) is -4.02.